The topological polar surface area (TPSA) is 75.6 Å². The van der Waals surface area contributed by atoms with Crippen LogP contribution in [0.5, 0.6) is 0 Å². The Labute approximate surface area is 118 Å². The predicted octanol–water partition coefficient (Wildman–Crippen LogP) is 1.22. The van der Waals surface area contributed by atoms with Crippen molar-refractivity contribution in [1.82, 2.24) is 19.1 Å². The van der Waals surface area contributed by atoms with Crippen molar-refractivity contribution in [2.24, 2.45) is 0 Å². The average molecular weight is 296 g/mol. The van der Waals surface area contributed by atoms with Crippen molar-refractivity contribution < 1.29 is 0 Å². The van der Waals surface area contributed by atoms with Gasteiger partial charge in [-0.2, -0.15) is 0 Å². The van der Waals surface area contributed by atoms with Crippen LogP contribution >= 0.6 is 24.4 Å². The third-order valence-electron chi connectivity index (χ3n) is 2.59. The summed E-state index contributed by atoms with van der Waals surface area (Å²) in [5.74, 6) is 0. The molecular weight excluding hydrogens is 284 g/mol. The first-order chi connectivity index (χ1) is 9.06. The number of nitrogens with one attached hydrogen (secondary N) is 2. The highest BCUT2D eigenvalue weighted by molar-refractivity contribution is 7.71. The van der Waals surface area contributed by atoms with Gasteiger partial charge in [-0.1, -0.05) is 24.4 Å². The molecule has 0 amide bonds. The molecule has 0 atom stereocenters. The smallest absolute Gasteiger partial charge is 0.301 e. The molecule has 6 nitrogen and oxygen atoms in total. The normalized spacial score (nSPS) is 10.5. The first kappa shape index (κ1) is 13.6. The van der Waals surface area contributed by atoms with Crippen molar-refractivity contribution >= 4 is 24.4 Å². The molecule has 0 saturated carbocycles. The Hall–Kier alpha value is -1.80. The van der Waals surface area contributed by atoms with Gasteiger partial charge in [0.15, 0.2) is 0 Å². The maximum Gasteiger partial charge on any atom is 0.326 e. The molecule has 0 aliphatic rings. The molecule has 2 rings (SSSR count). The van der Waals surface area contributed by atoms with Gasteiger partial charge in [-0.3, -0.25) is 9.97 Å². The van der Waals surface area contributed by atoms with E-state index in [0.717, 1.165) is 0 Å². The Morgan fingerprint density at radius 3 is 1.68 bits per heavy atom. The van der Waals surface area contributed by atoms with Crippen molar-refractivity contribution in [3.63, 3.8) is 0 Å². The summed E-state index contributed by atoms with van der Waals surface area (Å²) < 4.78 is 3.86. The molecule has 2 heterocycles. The van der Waals surface area contributed by atoms with Gasteiger partial charge in [0.05, 0.1) is 0 Å². The summed E-state index contributed by atoms with van der Waals surface area (Å²) >= 11 is 9.70. The van der Waals surface area contributed by atoms with Crippen LogP contribution in [0.1, 0.15) is 6.42 Å². The molecule has 0 unspecified atom stereocenters. The zero-order valence-corrected chi connectivity index (χ0v) is 11.6. The molecule has 0 spiro atoms. The zero-order chi connectivity index (χ0) is 13.8. The predicted molar refractivity (Wildman–Crippen MR) is 76.4 cm³/mol. The first-order valence-corrected chi connectivity index (χ1v) is 6.47. The van der Waals surface area contributed by atoms with Crippen LogP contribution in [-0.4, -0.2) is 19.1 Å². The molecule has 19 heavy (non-hydrogen) atoms. The molecule has 0 aliphatic carbocycles. The minimum atomic E-state index is -0.243. The van der Waals surface area contributed by atoms with E-state index in [9.17, 15) is 9.59 Å². The molecule has 2 aromatic rings. The molecule has 0 radical (unpaired) electrons. The summed E-state index contributed by atoms with van der Waals surface area (Å²) in [5.41, 5.74) is -0.486. The molecule has 100 valence electrons. The van der Waals surface area contributed by atoms with Gasteiger partial charge >= 0.3 is 11.4 Å². The lowest BCUT2D eigenvalue weighted by Gasteiger charge is -2.06. The van der Waals surface area contributed by atoms with E-state index < -0.39 is 0 Å². The van der Waals surface area contributed by atoms with E-state index in [4.69, 9.17) is 24.4 Å². The fourth-order valence-electron chi connectivity index (χ4n) is 1.65. The lowest BCUT2D eigenvalue weighted by molar-refractivity contribution is 0.529. The van der Waals surface area contributed by atoms with Gasteiger partial charge in [0, 0.05) is 25.5 Å². The van der Waals surface area contributed by atoms with Crippen LogP contribution in [0.15, 0.2) is 34.1 Å². The van der Waals surface area contributed by atoms with E-state index in [1.807, 2.05) is 0 Å². The fraction of sp³-hybridized carbons (Fsp3) is 0.273. The number of aromatic amines is 2. The third kappa shape index (κ3) is 3.58. The van der Waals surface area contributed by atoms with E-state index in [2.05, 4.69) is 9.97 Å². The molecule has 2 N–H and O–H groups in total. The summed E-state index contributed by atoms with van der Waals surface area (Å²) in [5, 5.41) is 0. The van der Waals surface area contributed by atoms with Crippen molar-refractivity contribution in [3.8, 4) is 0 Å². The number of H-pyrrole nitrogens is 2. The number of aryl methyl sites for hydroxylation is 2. The van der Waals surface area contributed by atoms with Gasteiger partial charge < -0.3 is 9.13 Å². The van der Waals surface area contributed by atoms with E-state index in [0.29, 0.717) is 28.8 Å². The lowest BCUT2D eigenvalue weighted by atomic mass is 10.4. The second-order valence-electron chi connectivity index (χ2n) is 3.96. The van der Waals surface area contributed by atoms with Gasteiger partial charge in [-0.25, -0.2) is 9.59 Å². The molecule has 0 saturated heterocycles. The SMILES string of the molecule is O=c1[nH]c(=S)ccn1CCCn1ccc(=S)[nH]c1=O. The number of nitrogens with zero attached hydrogens (tertiary/aromatic N) is 2. The highest BCUT2D eigenvalue weighted by atomic mass is 32.1. The van der Waals surface area contributed by atoms with Crippen LogP contribution in [0.4, 0.5) is 0 Å². The first-order valence-electron chi connectivity index (χ1n) is 5.66. The fourth-order valence-corrected chi connectivity index (χ4v) is 1.95. The minimum Gasteiger partial charge on any atom is -0.301 e. The van der Waals surface area contributed by atoms with Crippen molar-refractivity contribution in [1.29, 1.82) is 0 Å². The van der Waals surface area contributed by atoms with Crippen molar-refractivity contribution in [2.75, 3.05) is 0 Å². The van der Waals surface area contributed by atoms with E-state index in [1.54, 1.807) is 24.5 Å². The Kier molecular flexibility index (Phi) is 4.23. The van der Waals surface area contributed by atoms with Gasteiger partial charge in [-0.15, -0.1) is 0 Å². The molecule has 0 bridgehead atoms. The lowest BCUT2D eigenvalue weighted by Crippen LogP contribution is -2.25. The summed E-state index contributed by atoms with van der Waals surface area (Å²) in [6, 6.07) is 3.31. The molecule has 0 aromatic carbocycles. The number of aromatic nitrogens is 4. The number of rotatable bonds is 4. The van der Waals surface area contributed by atoms with Crippen LogP contribution in [-0.2, 0) is 13.1 Å². The molecule has 0 aliphatic heterocycles. The summed E-state index contributed by atoms with van der Waals surface area (Å²) in [6.07, 6.45) is 3.93. The molecule has 0 fully saturated rings. The minimum absolute atomic E-state index is 0.243. The Bertz CT molecular complexity index is 732. The van der Waals surface area contributed by atoms with Crippen LogP contribution < -0.4 is 11.4 Å². The van der Waals surface area contributed by atoms with Gasteiger partial charge in [0.25, 0.3) is 0 Å². The third-order valence-corrected chi connectivity index (χ3v) is 3.07. The summed E-state index contributed by atoms with van der Waals surface area (Å²) in [7, 11) is 0. The Balaban J connectivity index is 2.04. The van der Waals surface area contributed by atoms with Crippen molar-refractivity contribution in [3.05, 3.63) is 54.8 Å². The molecular formula is C11H12N4O2S2. The Morgan fingerprint density at radius 1 is 0.895 bits per heavy atom. The van der Waals surface area contributed by atoms with Crippen LogP contribution in [0.25, 0.3) is 0 Å². The maximum absolute atomic E-state index is 11.5. The summed E-state index contributed by atoms with van der Waals surface area (Å²) in [4.78, 5) is 28.2. The number of hydrogen-bond acceptors (Lipinski definition) is 4. The van der Waals surface area contributed by atoms with E-state index >= 15 is 0 Å². The van der Waals surface area contributed by atoms with Crippen molar-refractivity contribution in [2.45, 2.75) is 19.5 Å². The highest BCUT2D eigenvalue weighted by Crippen LogP contribution is 1.91. The van der Waals surface area contributed by atoms with Crippen LogP contribution in [0.2, 0.25) is 0 Å². The average Bonchev–Trinajstić information content (AvgIpc) is 2.34. The van der Waals surface area contributed by atoms with E-state index in [1.165, 1.54) is 9.13 Å². The van der Waals surface area contributed by atoms with Crippen LogP contribution in [0.3, 0.4) is 0 Å². The molecule has 8 heteroatoms. The van der Waals surface area contributed by atoms with Gasteiger partial charge in [0.2, 0.25) is 0 Å². The van der Waals surface area contributed by atoms with Crippen LogP contribution in [0, 0.1) is 9.28 Å². The number of hydrogen-bond donors (Lipinski definition) is 2. The quantitative estimate of drug-likeness (QED) is 0.832. The standard InChI is InChI=1S/C11H12N4O2S2/c16-10-12-8(18)2-6-14(10)4-1-5-15-7-3-9(19)13-11(15)17/h2-3,6-7H,1,4-5H2,(H,12,16,18)(H,13,17,19). The van der Waals surface area contributed by atoms with Gasteiger partial charge in [-0.05, 0) is 18.6 Å². The largest absolute Gasteiger partial charge is 0.326 e. The Morgan fingerprint density at radius 2 is 1.32 bits per heavy atom. The monoisotopic (exact) mass is 296 g/mol. The van der Waals surface area contributed by atoms with Gasteiger partial charge in [0.1, 0.15) is 9.28 Å². The summed E-state index contributed by atoms with van der Waals surface area (Å²) in [6.45, 7) is 1.01. The second kappa shape index (κ2) is 5.89. The van der Waals surface area contributed by atoms with E-state index in [-0.39, 0.29) is 11.4 Å². The highest BCUT2D eigenvalue weighted by Gasteiger charge is 1.98. The second-order valence-corrected chi connectivity index (χ2v) is 4.84. The molecule has 2 aromatic heterocycles. The maximum atomic E-state index is 11.5. The zero-order valence-electron chi connectivity index (χ0n) is 9.96.